The Kier molecular flexibility index (Phi) is 4.31. The van der Waals surface area contributed by atoms with Crippen LogP contribution in [0.25, 0.3) is 10.1 Å². The number of aromatic nitrogens is 1. The Bertz CT molecular complexity index is 604. The van der Waals surface area contributed by atoms with Crippen LogP contribution in [0.15, 0.2) is 54.7 Å². The lowest BCUT2D eigenvalue weighted by atomic mass is 10.2. The molecule has 2 nitrogen and oxygen atoms in total. The fourth-order valence-electron chi connectivity index (χ4n) is 1.50. The van der Waals surface area contributed by atoms with Crippen LogP contribution in [0.2, 0.25) is 0 Å². The van der Waals surface area contributed by atoms with Crippen molar-refractivity contribution in [1.29, 1.82) is 0 Å². The maximum atomic E-state index is 5.07. The van der Waals surface area contributed by atoms with Crippen molar-refractivity contribution in [2.75, 3.05) is 7.11 Å². The van der Waals surface area contributed by atoms with Gasteiger partial charge in [0.1, 0.15) is 5.75 Å². The highest BCUT2D eigenvalue weighted by Gasteiger charge is 1.96. The van der Waals surface area contributed by atoms with E-state index >= 15 is 0 Å². The minimum Gasteiger partial charge on any atom is -0.497 e. The van der Waals surface area contributed by atoms with Gasteiger partial charge in [-0.05, 0) is 36.7 Å². The van der Waals surface area contributed by atoms with Crippen molar-refractivity contribution in [1.82, 2.24) is 4.37 Å². The second-order valence-corrected chi connectivity index (χ2v) is 4.72. The molecule has 0 radical (unpaired) electrons. The Labute approximate surface area is 111 Å². The molecule has 92 valence electrons. The van der Waals surface area contributed by atoms with Gasteiger partial charge in [-0.3, -0.25) is 0 Å². The molecule has 0 saturated carbocycles. The molecule has 1 heterocycles. The van der Waals surface area contributed by atoms with Gasteiger partial charge >= 0.3 is 0 Å². The monoisotopic (exact) mass is 257 g/mol. The summed E-state index contributed by atoms with van der Waals surface area (Å²) in [6.45, 7) is 2.08. The zero-order chi connectivity index (χ0) is 12.8. The van der Waals surface area contributed by atoms with Crippen molar-refractivity contribution in [3.05, 3.63) is 60.3 Å². The fourth-order valence-corrected chi connectivity index (χ4v) is 2.18. The van der Waals surface area contributed by atoms with Crippen LogP contribution in [0, 0.1) is 6.92 Å². The van der Waals surface area contributed by atoms with E-state index in [2.05, 4.69) is 23.4 Å². The van der Waals surface area contributed by atoms with Crippen molar-refractivity contribution < 1.29 is 4.74 Å². The summed E-state index contributed by atoms with van der Waals surface area (Å²) in [5.41, 5.74) is 1.32. The Morgan fingerprint density at radius 1 is 1.06 bits per heavy atom. The molecule has 3 rings (SSSR count). The number of hydrogen-bond acceptors (Lipinski definition) is 3. The van der Waals surface area contributed by atoms with E-state index < -0.39 is 0 Å². The number of methoxy groups -OCH3 is 1. The van der Waals surface area contributed by atoms with Gasteiger partial charge < -0.3 is 4.74 Å². The average molecular weight is 257 g/mol. The third kappa shape index (κ3) is 3.31. The Morgan fingerprint density at radius 3 is 2.44 bits per heavy atom. The Balaban J connectivity index is 0.000000149. The molecule has 0 saturated heterocycles. The van der Waals surface area contributed by atoms with E-state index in [1.54, 1.807) is 7.11 Å². The molecule has 0 amide bonds. The van der Waals surface area contributed by atoms with Gasteiger partial charge in [0.25, 0.3) is 0 Å². The normalized spacial score (nSPS) is 9.67. The number of fused-ring (bicyclic) bond motifs is 1. The number of benzene rings is 2. The molecular weight excluding hydrogens is 242 g/mol. The zero-order valence-corrected chi connectivity index (χ0v) is 11.3. The summed E-state index contributed by atoms with van der Waals surface area (Å²) in [7, 11) is 1.67. The average Bonchev–Trinajstić information content (AvgIpc) is 2.87. The Morgan fingerprint density at radius 2 is 1.83 bits per heavy atom. The maximum absolute atomic E-state index is 5.07. The van der Waals surface area contributed by atoms with Crippen molar-refractivity contribution in [2.45, 2.75) is 6.92 Å². The summed E-state index contributed by atoms with van der Waals surface area (Å²) in [5, 5.41) is 1.18. The van der Waals surface area contributed by atoms with Crippen molar-refractivity contribution in [3.8, 4) is 5.75 Å². The molecule has 18 heavy (non-hydrogen) atoms. The first-order valence-electron chi connectivity index (χ1n) is 5.69. The van der Waals surface area contributed by atoms with Crippen molar-refractivity contribution in [2.24, 2.45) is 0 Å². The molecule has 0 unspecified atom stereocenters. The van der Waals surface area contributed by atoms with Crippen molar-refractivity contribution >= 4 is 21.6 Å². The first-order chi connectivity index (χ1) is 8.79. The highest BCUT2D eigenvalue weighted by Crippen LogP contribution is 2.22. The second kappa shape index (κ2) is 6.17. The molecule has 0 bridgehead atoms. The smallest absolute Gasteiger partial charge is 0.120 e. The molecular formula is C15H15NOS. The standard InChI is InChI=1S/C8H7NOS.C7H8/c1-10-7-3-2-6-5-9-11-8(6)4-7;1-7-5-3-2-4-6-7/h2-5H,1H3;2-6H,1H3. The third-order valence-electron chi connectivity index (χ3n) is 2.50. The van der Waals surface area contributed by atoms with E-state index in [4.69, 9.17) is 4.74 Å². The van der Waals surface area contributed by atoms with Crippen LogP contribution in [0.3, 0.4) is 0 Å². The van der Waals surface area contributed by atoms with Crippen LogP contribution >= 0.6 is 11.5 Å². The maximum Gasteiger partial charge on any atom is 0.120 e. The van der Waals surface area contributed by atoms with Crippen LogP contribution in [-0.4, -0.2) is 11.5 Å². The predicted octanol–water partition coefficient (Wildman–Crippen LogP) is 4.30. The fraction of sp³-hybridized carbons (Fsp3) is 0.133. The predicted molar refractivity (Wildman–Crippen MR) is 77.4 cm³/mol. The van der Waals surface area contributed by atoms with E-state index in [1.807, 2.05) is 42.6 Å². The second-order valence-electron chi connectivity index (χ2n) is 3.88. The van der Waals surface area contributed by atoms with E-state index in [-0.39, 0.29) is 0 Å². The topological polar surface area (TPSA) is 22.1 Å². The minimum atomic E-state index is 0.891. The number of rotatable bonds is 1. The molecule has 3 heteroatoms. The van der Waals surface area contributed by atoms with Gasteiger partial charge in [-0.1, -0.05) is 35.9 Å². The highest BCUT2D eigenvalue weighted by molar-refractivity contribution is 7.13. The summed E-state index contributed by atoms with van der Waals surface area (Å²) in [5.74, 6) is 0.891. The zero-order valence-electron chi connectivity index (χ0n) is 10.5. The van der Waals surface area contributed by atoms with Crippen LogP contribution < -0.4 is 4.74 Å². The summed E-state index contributed by atoms with van der Waals surface area (Å²) in [4.78, 5) is 0. The van der Waals surface area contributed by atoms with E-state index in [0.717, 1.165) is 5.75 Å². The van der Waals surface area contributed by atoms with Crippen molar-refractivity contribution in [3.63, 3.8) is 0 Å². The highest BCUT2D eigenvalue weighted by atomic mass is 32.1. The molecule has 1 aromatic heterocycles. The van der Waals surface area contributed by atoms with Crippen LogP contribution in [0.5, 0.6) is 5.75 Å². The molecule has 0 N–H and O–H groups in total. The van der Waals surface area contributed by atoms with Gasteiger partial charge in [-0.2, -0.15) is 4.37 Å². The number of nitrogens with zero attached hydrogens (tertiary/aromatic N) is 1. The quantitative estimate of drug-likeness (QED) is 0.648. The third-order valence-corrected chi connectivity index (χ3v) is 3.27. The van der Waals surface area contributed by atoms with Gasteiger partial charge in [-0.25, -0.2) is 0 Å². The van der Waals surface area contributed by atoms with E-state index in [0.29, 0.717) is 0 Å². The number of hydrogen-bond donors (Lipinski definition) is 0. The van der Waals surface area contributed by atoms with Gasteiger partial charge in [0.15, 0.2) is 0 Å². The van der Waals surface area contributed by atoms with Gasteiger partial charge in [0.05, 0.1) is 11.8 Å². The molecule has 3 aromatic rings. The number of aryl methyl sites for hydroxylation is 1. The molecule has 0 spiro atoms. The summed E-state index contributed by atoms with van der Waals surface area (Å²) >= 11 is 1.49. The minimum absolute atomic E-state index is 0.891. The van der Waals surface area contributed by atoms with Gasteiger partial charge in [0.2, 0.25) is 0 Å². The summed E-state index contributed by atoms with van der Waals surface area (Å²) in [6, 6.07) is 16.2. The summed E-state index contributed by atoms with van der Waals surface area (Å²) in [6.07, 6.45) is 1.86. The van der Waals surface area contributed by atoms with Gasteiger partial charge in [-0.15, -0.1) is 0 Å². The van der Waals surface area contributed by atoms with E-state index in [1.165, 1.54) is 27.2 Å². The lowest BCUT2D eigenvalue weighted by molar-refractivity contribution is 0.415. The summed E-state index contributed by atoms with van der Waals surface area (Å²) < 4.78 is 10.3. The molecule has 0 aliphatic heterocycles. The SMILES string of the molecule is COc1ccc2cnsc2c1.Cc1ccccc1. The molecule has 0 atom stereocenters. The Hall–Kier alpha value is -1.87. The molecule has 0 aliphatic rings. The molecule has 0 aliphatic carbocycles. The van der Waals surface area contributed by atoms with Crippen LogP contribution in [-0.2, 0) is 0 Å². The number of ether oxygens (including phenoxy) is 1. The molecule has 0 fully saturated rings. The first-order valence-corrected chi connectivity index (χ1v) is 6.47. The lowest BCUT2D eigenvalue weighted by Crippen LogP contribution is -1.79. The molecule has 2 aromatic carbocycles. The van der Waals surface area contributed by atoms with Gasteiger partial charge in [0, 0.05) is 11.6 Å². The van der Waals surface area contributed by atoms with Crippen LogP contribution in [0.1, 0.15) is 5.56 Å². The first kappa shape index (κ1) is 12.6. The van der Waals surface area contributed by atoms with E-state index in [9.17, 15) is 0 Å². The van der Waals surface area contributed by atoms with Crippen LogP contribution in [0.4, 0.5) is 0 Å². The lowest BCUT2D eigenvalue weighted by Gasteiger charge is -1.96. The largest absolute Gasteiger partial charge is 0.497 e.